The number of hydrogen-bond acceptors (Lipinski definition) is 7. The molecule has 8 nitrogen and oxygen atoms in total. The van der Waals surface area contributed by atoms with Gasteiger partial charge in [-0.05, 0) is 18.2 Å². The maximum atomic E-state index is 12.1. The van der Waals surface area contributed by atoms with Crippen LogP contribution in [0.4, 0.5) is 0 Å². The lowest BCUT2D eigenvalue weighted by Crippen LogP contribution is -2.07. The number of aliphatic imine (C=N–C) groups is 1. The Hall–Kier alpha value is -4.51. The number of hydrogen-bond donors (Lipinski definition) is 1. The van der Waals surface area contributed by atoms with E-state index in [1.807, 2.05) is 6.07 Å². The fourth-order valence-corrected chi connectivity index (χ4v) is 2.46. The van der Waals surface area contributed by atoms with Gasteiger partial charge in [-0.2, -0.15) is 5.26 Å². The number of para-hydroxylation sites is 2. The Bertz CT molecular complexity index is 1080. The SMILES string of the molecule is C=C(/C=C(\N=C/N)Oc1ccccc1C#N)Oc1ccccc1/C(=C\OC)C(=O)OC. The van der Waals surface area contributed by atoms with Crippen molar-refractivity contribution in [2.75, 3.05) is 14.2 Å². The number of methoxy groups -OCH3 is 2. The van der Waals surface area contributed by atoms with Gasteiger partial charge >= 0.3 is 5.97 Å². The molecule has 0 saturated carbocycles. The molecule has 8 heteroatoms. The van der Waals surface area contributed by atoms with Crippen molar-refractivity contribution in [3.05, 3.63) is 90.2 Å². The van der Waals surface area contributed by atoms with Crippen molar-refractivity contribution in [2.24, 2.45) is 10.7 Å². The number of carbonyl (C=O) groups excluding carboxylic acids is 1. The molecule has 2 aromatic rings. The molecule has 31 heavy (non-hydrogen) atoms. The summed E-state index contributed by atoms with van der Waals surface area (Å²) >= 11 is 0. The van der Waals surface area contributed by atoms with E-state index in [1.54, 1.807) is 48.5 Å². The molecule has 0 aliphatic rings. The number of nitriles is 1. The molecule has 0 heterocycles. The molecule has 0 unspecified atom stereocenters. The first-order valence-electron chi connectivity index (χ1n) is 8.94. The molecule has 0 aromatic heterocycles. The molecule has 0 aliphatic heterocycles. The maximum absolute atomic E-state index is 12.1. The van der Waals surface area contributed by atoms with E-state index in [0.29, 0.717) is 22.6 Å². The van der Waals surface area contributed by atoms with Crippen molar-refractivity contribution in [1.29, 1.82) is 5.26 Å². The lowest BCUT2D eigenvalue weighted by atomic mass is 10.1. The number of esters is 1. The Morgan fingerprint density at radius 3 is 2.42 bits per heavy atom. The second-order valence-electron chi connectivity index (χ2n) is 5.79. The van der Waals surface area contributed by atoms with Gasteiger partial charge in [0.15, 0.2) is 0 Å². The summed E-state index contributed by atoms with van der Waals surface area (Å²) in [4.78, 5) is 16.1. The number of ether oxygens (including phenoxy) is 4. The zero-order valence-electron chi connectivity index (χ0n) is 17.1. The summed E-state index contributed by atoms with van der Waals surface area (Å²) < 4.78 is 21.3. The van der Waals surface area contributed by atoms with E-state index >= 15 is 0 Å². The molecule has 2 aromatic carbocycles. The van der Waals surface area contributed by atoms with Crippen molar-refractivity contribution in [2.45, 2.75) is 0 Å². The minimum absolute atomic E-state index is 0.0494. The largest absolute Gasteiger partial charge is 0.503 e. The minimum Gasteiger partial charge on any atom is -0.503 e. The van der Waals surface area contributed by atoms with Gasteiger partial charge in [-0.25, -0.2) is 9.79 Å². The first kappa shape index (κ1) is 22.8. The van der Waals surface area contributed by atoms with E-state index in [2.05, 4.69) is 11.6 Å². The fraction of sp³-hybridized carbons (Fsp3) is 0.0870. The van der Waals surface area contributed by atoms with Crippen LogP contribution in [0.25, 0.3) is 5.57 Å². The molecule has 0 radical (unpaired) electrons. The monoisotopic (exact) mass is 419 g/mol. The van der Waals surface area contributed by atoms with Gasteiger partial charge in [-0.15, -0.1) is 0 Å². The predicted octanol–water partition coefficient (Wildman–Crippen LogP) is 3.52. The van der Waals surface area contributed by atoms with Gasteiger partial charge in [0, 0.05) is 11.6 Å². The number of nitrogens with zero attached hydrogens (tertiary/aromatic N) is 2. The summed E-state index contributed by atoms with van der Waals surface area (Å²) in [6.07, 6.45) is 3.70. The van der Waals surface area contributed by atoms with Crippen LogP contribution in [0.3, 0.4) is 0 Å². The number of benzene rings is 2. The van der Waals surface area contributed by atoms with Crippen LogP contribution in [0.15, 0.2) is 84.1 Å². The summed E-state index contributed by atoms with van der Waals surface area (Å²) in [5, 5.41) is 9.22. The molecule has 0 bridgehead atoms. The average Bonchev–Trinajstić information content (AvgIpc) is 2.78. The molecule has 2 N–H and O–H groups in total. The smallest absolute Gasteiger partial charge is 0.341 e. The topological polar surface area (TPSA) is 116 Å². The third-order valence-corrected chi connectivity index (χ3v) is 3.77. The summed E-state index contributed by atoms with van der Waals surface area (Å²) in [5.41, 5.74) is 6.33. The van der Waals surface area contributed by atoms with Crippen molar-refractivity contribution in [3.8, 4) is 17.6 Å². The van der Waals surface area contributed by atoms with Crippen LogP contribution in [0.5, 0.6) is 11.5 Å². The first-order valence-corrected chi connectivity index (χ1v) is 8.94. The lowest BCUT2D eigenvalue weighted by Gasteiger charge is -2.13. The number of allylic oxidation sites excluding steroid dienone is 1. The van der Waals surface area contributed by atoms with Crippen LogP contribution in [0.2, 0.25) is 0 Å². The summed E-state index contributed by atoms with van der Waals surface area (Å²) in [7, 11) is 2.69. The highest BCUT2D eigenvalue weighted by molar-refractivity contribution is 6.17. The van der Waals surface area contributed by atoms with Crippen LogP contribution >= 0.6 is 0 Å². The zero-order valence-corrected chi connectivity index (χ0v) is 17.1. The van der Waals surface area contributed by atoms with Crippen molar-refractivity contribution in [3.63, 3.8) is 0 Å². The standard InChI is InChI=1S/C23H21N3O5/c1-16(12-22(26-15-25)31-20-10-6-4-8-17(20)13-24)30-21-11-7-5-9-18(21)19(14-28-2)23(27)29-3/h4-12,14-15H,1H2,2-3H3,(H2,25,26)/b19-14+,22-12+. The highest BCUT2D eigenvalue weighted by atomic mass is 16.5. The Labute approximate surface area is 180 Å². The van der Waals surface area contributed by atoms with Crippen LogP contribution < -0.4 is 15.2 Å². The van der Waals surface area contributed by atoms with E-state index in [1.165, 1.54) is 26.6 Å². The third-order valence-electron chi connectivity index (χ3n) is 3.77. The van der Waals surface area contributed by atoms with E-state index in [-0.39, 0.29) is 17.2 Å². The van der Waals surface area contributed by atoms with Crippen LogP contribution in [-0.2, 0) is 14.3 Å². The minimum atomic E-state index is -0.594. The van der Waals surface area contributed by atoms with Crippen LogP contribution in [0, 0.1) is 11.3 Å². The summed E-state index contributed by atoms with van der Waals surface area (Å²) in [5.74, 6) is 0.221. The maximum Gasteiger partial charge on any atom is 0.341 e. The predicted molar refractivity (Wildman–Crippen MR) is 116 cm³/mol. The van der Waals surface area contributed by atoms with Gasteiger partial charge in [0.05, 0.1) is 32.4 Å². The molecule has 0 saturated heterocycles. The molecule has 2 rings (SSSR count). The second kappa shape index (κ2) is 11.5. The van der Waals surface area contributed by atoms with Gasteiger partial charge in [-0.3, -0.25) is 0 Å². The quantitative estimate of drug-likeness (QED) is 0.165. The first-order chi connectivity index (χ1) is 15.0. The molecular formula is C23H21N3O5. The Balaban J connectivity index is 2.33. The molecular weight excluding hydrogens is 398 g/mol. The van der Waals surface area contributed by atoms with Crippen molar-refractivity contribution < 1.29 is 23.7 Å². The van der Waals surface area contributed by atoms with E-state index in [9.17, 15) is 10.1 Å². The van der Waals surface area contributed by atoms with Crippen LogP contribution in [-0.4, -0.2) is 26.5 Å². The molecule has 0 amide bonds. The molecule has 0 spiro atoms. The summed E-state index contributed by atoms with van der Waals surface area (Å²) in [6.45, 7) is 3.84. The van der Waals surface area contributed by atoms with E-state index in [0.717, 1.165) is 6.34 Å². The van der Waals surface area contributed by atoms with Gasteiger partial charge in [0.25, 0.3) is 0 Å². The third kappa shape index (κ3) is 6.24. The molecule has 0 atom stereocenters. The highest BCUT2D eigenvalue weighted by Gasteiger charge is 2.18. The van der Waals surface area contributed by atoms with E-state index < -0.39 is 5.97 Å². The molecule has 0 aliphatic carbocycles. The number of rotatable bonds is 9. The normalized spacial score (nSPS) is 11.5. The lowest BCUT2D eigenvalue weighted by molar-refractivity contribution is -0.133. The van der Waals surface area contributed by atoms with E-state index in [4.69, 9.17) is 24.7 Å². The second-order valence-corrected chi connectivity index (χ2v) is 5.79. The van der Waals surface area contributed by atoms with Gasteiger partial charge < -0.3 is 24.7 Å². The van der Waals surface area contributed by atoms with Gasteiger partial charge in [0.2, 0.25) is 5.88 Å². The van der Waals surface area contributed by atoms with Crippen molar-refractivity contribution in [1.82, 2.24) is 0 Å². The van der Waals surface area contributed by atoms with Gasteiger partial charge in [0.1, 0.15) is 28.9 Å². The Kier molecular flexibility index (Phi) is 8.44. The fourth-order valence-electron chi connectivity index (χ4n) is 2.46. The molecule has 0 fully saturated rings. The van der Waals surface area contributed by atoms with Crippen molar-refractivity contribution >= 4 is 17.9 Å². The Morgan fingerprint density at radius 1 is 1.10 bits per heavy atom. The highest BCUT2D eigenvalue weighted by Crippen LogP contribution is 2.29. The molecule has 158 valence electrons. The van der Waals surface area contributed by atoms with Crippen LogP contribution in [0.1, 0.15) is 11.1 Å². The zero-order chi connectivity index (χ0) is 22.6. The summed E-state index contributed by atoms with van der Waals surface area (Å²) in [6, 6.07) is 15.5. The number of nitrogens with two attached hydrogens (primary N) is 1. The number of carbonyl (C=O) groups is 1. The average molecular weight is 419 g/mol. The van der Waals surface area contributed by atoms with Gasteiger partial charge in [-0.1, -0.05) is 36.9 Å². The Morgan fingerprint density at radius 2 is 1.77 bits per heavy atom.